The number of nitrogens with zero attached hydrogens (tertiary/aromatic N) is 1. The van der Waals surface area contributed by atoms with Gasteiger partial charge in [0.15, 0.2) is 0 Å². The van der Waals surface area contributed by atoms with Gasteiger partial charge in [-0.1, -0.05) is 74.5 Å². The van der Waals surface area contributed by atoms with Crippen molar-refractivity contribution in [2.45, 2.75) is 32.4 Å². The molecule has 1 atom stereocenters. The highest BCUT2D eigenvalue weighted by Crippen LogP contribution is 2.21. The average Bonchev–Trinajstić information content (AvgIpc) is 2.63. The Morgan fingerprint density at radius 2 is 1.52 bits per heavy atom. The van der Waals surface area contributed by atoms with Gasteiger partial charge in [0.25, 0.3) is 0 Å². The third-order valence-corrected chi connectivity index (χ3v) is 4.52. The molecule has 0 saturated heterocycles. The molecule has 0 radical (unpaired) electrons. The Bertz CT molecular complexity index is 682. The summed E-state index contributed by atoms with van der Waals surface area (Å²) in [6.45, 7) is 5.74. The molecule has 0 aliphatic rings. The molecule has 0 spiro atoms. The average molecular weight is 335 g/mol. The minimum Gasteiger partial charge on any atom is -0.337 e. The van der Waals surface area contributed by atoms with Crippen molar-refractivity contribution in [3.05, 3.63) is 71.8 Å². The van der Waals surface area contributed by atoms with E-state index < -0.39 is 5.54 Å². The highest BCUT2D eigenvalue weighted by atomic mass is 16.2. The van der Waals surface area contributed by atoms with Crippen molar-refractivity contribution in [2.75, 3.05) is 6.54 Å². The smallest absolute Gasteiger partial charge is 0.235 e. The van der Waals surface area contributed by atoms with Crippen LogP contribution in [0, 0.1) is 17.2 Å². The SMILES string of the molecule is CC(C)[C@](C)(C#N)NC(=O)CNC(c1ccccc1)c1ccccc1. The molecule has 2 N–H and O–H groups in total. The van der Waals surface area contributed by atoms with Gasteiger partial charge in [0.2, 0.25) is 5.91 Å². The number of rotatable bonds is 7. The van der Waals surface area contributed by atoms with Crippen LogP contribution in [0.5, 0.6) is 0 Å². The van der Waals surface area contributed by atoms with Crippen LogP contribution in [0.1, 0.15) is 37.9 Å². The number of nitrogens with one attached hydrogen (secondary N) is 2. The van der Waals surface area contributed by atoms with E-state index in [4.69, 9.17) is 0 Å². The van der Waals surface area contributed by atoms with Crippen LogP contribution in [-0.4, -0.2) is 18.0 Å². The number of carbonyl (C=O) groups excluding carboxylic acids is 1. The van der Waals surface area contributed by atoms with Crippen molar-refractivity contribution in [3.63, 3.8) is 0 Å². The maximum Gasteiger partial charge on any atom is 0.235 e. The molecule has 0 bridgehead atoms. The van der Waals surface area contributed by atoms with Gasteiger partial charge in [-0.3, -0.25) is 10.1 Å². The van der Waals surface area contributed by atoms with Gasteiger partial charge in [0.1, 0.15) is 5.54 Å². The number of carbonyl (C=O) groups is 1. The fourth-order valence-corrected chi connectivity index (χ4v) is 2.55. The number of hydrogen-bond acceptors (Lipinski definition) is 3. The van der Waals surface area contributed by atoms with Gasteiger partial charge in [-0.15, -0.1) is 0 Å². The lowest BCUT2D eigenvalue weighted by Crippen LogP contribution is -2.51. The summed E-state index contributed by atoms with van der Waals surface area (Å²) in [6, 6.07) is 22.1. The monoisotopic (exact) mass is 335 g/mol. The fourth-order valence-electron chi connectivity index (χ4n) is 2.55. The predicted molar refractivity (Wildman–Crippen MR) is 99.7 cm³/mol. The van der Waals surface area contributed by atoms with E-state index in [1.807, 2.05) is 74.5 Å². The van der Waals surface area contributed by atoms with E-state index in [0.717, 1.165) is 11.1 Å². The largest absolute Gasteiger partial charge is 0.337 e. The maximum atomic E-state index is 12.4. The zero-order valence-corrected chi connectivity index (χ0v) is 15.0. The fraction of sp³-hybridized carbons (Fsp3) is 0.333. The van der Waals surface area contributed by atoms with Gasteiger partial charge in [-0.2, -0.15) is 5.26 Å². The molecule has 1 amide bonds. The summed E-state index contributed by atoms with van der Waals surface area (Å²) in [7, 11) is 0. The quantitative estimate of drug-likeness (QED) is 0.815. The van der Waals surface area contributed by atoms with Gasteiger partial charge in [0, 0.05) is 0 Å². The summed E-state index contributed by atoms with van der Waals surface area (Å²) < 4.78 is 0. The van der Waals surface area contributed by atoms with E-state index >= 15 is 0 Å². The Kier molecular flexibility index (Phi) is 6.32. The first-order valence-corrected chi connectivity index (χ1v) is 8.52. The van der Waals surface area contributed by atoms with Crippen LogP contribution in [0.2, 0.25) is 0 Å². The van der Waals surface area contributed by atoms with Crippen molar-refractivity contribution < 1.29 is 4.79 Å². The lowest BCUT2D eigenvalue weighted by molar-refractivity contribution is -0.121. The van der Waals surface area contributed by atoms with Crippen molar-refractivity contribution in [1.82, 2.24) is 10.6 Å². The van der Waals surface area contributed by atoms with Gasteiger partial charge < -0.3 is 5.32 Å². The molecule has 2 rings (SSSR count). The lowest BCUT2D eigenvalue weighted by atomic mass is 9.90. The van der Waals surface area contributed by atoms with Crippen molar-refractivity contribution in [2.24, 2.45) is 5.92 Å². The minimum absolute atomic E-state index is 0.0282. The molecule has 2 aromatic carbocycles. The zero-order valence-electron chi connectivity index (χ0n) is 15.0. The number of amides is 1. The third-order valence-electron chi connectivity index (χ3n) is 4.52. The Morgan fingerprint density at radius 1 is 1.04 bits per heavy atom. The molecule has 0 heterocycles. The molecule has 0 unspecified atom stereocenters. The van der Waals surface area contributed by atoms with Crippen LogP contribution in [0.4, 0.5) is 0 Å². The number of benzene rings is 2. The summed E-state index contributed by atoms with van der Waals surface area (Å²) in [5.74, 6) is -0.157. The first-order chi connectivity index (χ1) is 12.0. The van der Waals surface area contributed by atoms with E-state index in [0.29, 0.717) is 0 Å². The second kappa shape index (κ2) is 8.46. The van der Waals surface area contributed by atoms with E-state index in [-0.39, 0.29) is 24.4 Å². The van der Waals surface area contributed by atoms with Gasteiger partial charge >= 0.3 is 0 Å². The summed E-state index contributed by atoms with van der Waals surface area (Å²) in [6.07, 6.45) is 0. The van der Waals surface area contributed by atoms with E-state index in [1.165, 1.54) is 0 Å². The summed E-state index contributed by atoms with van der Waals surface area (Å²) >= 11 is 0. The molecule has 0 saturated carbocycles. The molecule has 0 aliphatic heterocycles. The van der Waals surface area contributed by atoms with Crippen LogP contribution in [0.3, 0.4) is 0 Å². The van der Waals surface area contributed by atoms with Crippen molar-refractivity contribution in [3.8, 4) is 6.07 Å². The van der Waals surface area contributed by atoms with Crippen LogP contribution in [0.15, 0.2) is 60.7 Å². The van der Waals surface area contributed by atoms with Crippen LogP contribution in [-0.2, 0) is 4.79 Å². The second-order valence-corrected chi connectivity index (χ2v) is 6.65. The van der Waals surface area contributed by atoms with Crippen LogP contribution in [0.25, 0.3) is 0 Å². The lowest BCUT2D eigenvalue weighted by Gasteiger charge is -2.28. The maximum absolute atomic E-state index is 12.4. The first-order valence-electron chi connectivity index (χ1n) is 8.52. The van der Waals surface area contributed by atoms with E-state index in [2.05, 4.69) is 16.7 Å². The predicted octanol–water partition coefficient (Wildman–Crippen LogP) is 3.42. The Morgan fingerprint density at radius 3 is 1.92 bits per heavy atom. The van der Waals surface area contributed by atoms with Crippen molar-refractivity contribution >= 4 is 5.91 Å². The van der Waals surface area contributed by atoms with Gasteiger partial charge in [-0.05, 0) is 24.0 Å². The van der Waals surface area contributed by atoms with Crippen LogP contribution >= 0.6 is 0 Å². The molecule has 130 valence electrons. The van der Waals surface area contributed by atoms with E-state index in [9.17, 15) is 10.1 Å². The molecule has 0 aromatic heterocycles. The van der Waals surface area contributed by atoms with Crippen LogP contribution < -0.4 is 10.6 Å². The molecule has 25 heavy (non-hydrogen) atoms. The zero-order chi connectivity index (χ0) is 18.3. The van der Waals surface area contributed by atoms with Crippen molar-refractivity contribution in [1.29, 1.82) is 5.26 Å². The number of nitriles is 1. The highest BCUT2D eigenvalue weighted by molar-refractivity contribution is 5.79. The minimum atomic E-state index is -0.867. The summed E-state index contributed by atoms with van der Waals surface area (Å²) in [5.41, 5.74) is 1.31. The Hall–Kier alpha value is -2.64. The molecule has 2 aromatic rings. The Balaban J connectivity index is 2.11. The second-order valence-electron chi connectivity index (χ2n) is 6.65. The van der Waals surface area contributed by atoms with E-state index in [1.54, 1.807) is 6.92 Å². The molecule has 4 heteroatoms. The normalized spacial score (nSPS) is 13.3. The topological polar surface area (TPSA) is 64.9 Å². The Labute approximate surface area is 149 Å². The molecule has 0 aliphatic carbocycles. The molecular formula is C21H25N3O. The highest BCUT2D eigenvalue weighted by Gasteiger charge is 2.30. The first kappa shape index (κ1) is 18.7. The van der Waals surface area contributed by atoms with Gasteiger partial charge in [0.05, 0.1) is 18.7 Å². The standard InChI is InChI=1S/C21H25N3O/c1-16(2)21(3,15-22)24-19(25)14-23-20(17-10-6-4-7-11-17)18-12-8-5-9-13-18/h4-13,16,20,23H,14H2,1-3H3,(H,24,25)/t21-/m0/s1. The third kappa shape index (κ3) is 4.91. The number of hydrogen-bond donors (Lipinski definition) is 2. The summed E-state index contributed by atoms with van der Waals surface area (Å²) in [5, 5.41) is 15.5. The molecule has 4 nitrogen and oxygen atoms in total. The summed E-state index contributed by atoms with van der Waals surface area (Å²) in [4.78, 5) is 12.4. The van der Waals surface area contributed by atoms with Gasteiger partial charge in [-0.25, -0.2) is 0 Å². The molecule has 0 fully saturated rings. The molecular weight excluding hydrogens is 310 g/mol.